The molecule has 1 aliphatic heterocycles. The standard InChI is InChI=1S/C26H20O6/c27-25-21-13-12-20(32-26(28)22-7-4-14-29-22)15-23(21)30-16-24(25)31-19-10-8-18(9-11-19)17-5-2-1-3-6-17/h1-3,5-6,8-13,15-16,22H,4,7,14H2/t22-/m0/s1. The van der Waals surface area contributed by atoms with Crippen LogP contribution in [-0.2, 0) is 9.53 Å². The largest absolute Gasteiger partial charge is 0.460 e. The minimum atomic E-state index is -0.540. The second kappa shape index (κ2) is 8.69. The zero-order valence-corrected chi connectivity index (χ0v) is 17.2. The first-order valence-corrected chi connectivity index (χ1v) is 10.4. The van der Waals surface area contributed by atoms with Crippen molar-refractivity contribution in [3.8, 4) is 28.4 Å². The molecular formula is C26H20O6. The quantitative estimate of drug-likeness (QED) is 0.316. The molecule has 1 saturated heterocycles. The molecule has 0 N–H and O–H groups in total. The Kier molecular flexibility index (Phi) is 5.44. The van der Waals surface area contributed by atoms with Gasteiger partial charge in [-0.2, -0.15) is 0 Å². The Morgan fingerprint density at radius 2 is 1.66 bits per heavy atom. The lowest BCUT2D eigenvalue weighted by Gasteiger charge is -2.10. The fourth-order valence-electron chi connectivity index (χ4n) is 3.64. The Balaban J connectivity index is 1.34. The molecule has 2 heterocycles. The second-order valence-corrected chi connectivity index (χ2v) is 7.50. The van der Waals surface area contributed by atoms with Crippen molar-refractivity contribution in [2.24, 2.45) is 0 Å². The van der Waals surface area contributed by atoms with Crippen LogP contribution >= 0.6 is 0 Å². The second-order valence-electron chi connectivity index (χ2n) is 7.50. The third-order valence-corrected chi connectivity index (χ3v) is 5.31. The van der Waals surface area contributed by atoms with Gasteiger partial charge in [-0.3, -0.25) is 4.79 Å². The molecule has 4 aromatic rings. The van der Waals surface area contributed by atoms with Gasteiger partial charge in [0.15, 0.2) is 6.10 Å². The van der Waals surface area contributed by atoms with Gasteiger partial charge in [-0.05, 0) is 48.2 Å². The van der Waals surface area contributed by atoms with Gasteiger partial charge in [0.1, 0.15) is 23.3 Å². The van der Waals surface area contributed by atoms with Crippen LogP contribution in [0, 0.1) is 0 Å². The molecule has 6 heteroatoms. The lowest BCUT2D eigenvalue weighted by molar-refractivity contribution is -0.144. The maximum atomic E-state index is 12.9. The summed E-state index contributed by atoms with van der Waals surface area (Å²) < 4.78 is 22.0. The summed E-state index contributed by atoms with van der Waals surface area (Å²) in [5.41, 5.74) is 2.14. The summed E-state index contributed by atoms with van der Waals surface area (Å²) in [4.78, 5) is 25.0. The Morgan fingerprint density at radius 1 is 0.906 bits per heavy atom. The highest BCUT2D eigenvalue weighted by Crippen LogP contribution is 2.27. The predicted molar refractivity (Wildman–Crippen MR) is 119 cm³/mol. The molecule has 0 bridgehead atoms. The maximum absolute atomic E-state index is 12.9. The predicted octanol–water partition coefficient (Wildman–Crippen LogP) is 5.34. The van der Waals surface area contributed by atoms with Crippen molar-refractivity contribution in [1.82, 2.24) is 0 Å². The molecule has 0 spiro atoms. The van der Waals surface area contributed by atoms with E-state index in [1.54, 1.807) is 24.3 Å². The van der Waals surface area contributed by atoms with Crippen LogP contribution in [0.1, 0.15) is 12.8 Å². The molecule has 0 aliphatic carbocycles. The number of rotatable bonds is 5. The van der Waals surface area contributed by atoms with Crippen molar-refractivity contribution >= 4 is 16.9 Å². The lowest BCUT2D eigenvalue weighted by Crippen LogP contribution is -2.24. The molecule has 1 aromatic heterocycles. The SMILES string of the molecule is O=C(Oc1ccc2c(=O)c(Oc3ccc(-c4ccccc4)cc3)coc2c1)[C@@H]1CCCO1. The van der Waals surface area contributed by atoms with Crippen LogP contribution in [0.25, 0.3) is 22.1 Å². The van der Waals surface area contributed by atoms with Gasteiger partial charge in [0, 0.05) is 12.7 Å². The minimum Gasteiger partial charge on any atom is -0.460 e. The Labute approximate surface area is 184 Å². The first kappa shape index (κ1) is 20.0. The van der Waals surface area contributed by atoms with Crippen molar-refractivity contribution < 1.29 is 23.4 Å². The molecule has 160 valence electrons. The molecule has 0 unspecified atom stereocenters. The molecule has 0 saturated carbocycles. The first-order valence-electron chi connectivity index (χ1n) is 10.4. The van der Waals surface area contributed by atoms with Gasteiger partial charge < -0.3 is 18.6 Å². The van der Waals surface area contributed by atoms with Crippen LogP contribution in [0.2, 0.25) is 0 Å². The fraction of sp³-hybridized carbons (Fsp3) is 0.154. The number of carbonyl (C=O) groups is 1. The number of benzene rings is 3. The van der Waals surface area contributed by atoms with Gasteiger partial charge in [0.05, 0.1) is 5.39 Å². The molecule has 1 aliphatic rings. The molecule has 6 nitrogen and oxygen atoms in total. The van der Waals surface area contributed by atoms with Crippen LogP contribution in [0.3, 0.4) is 0 Å². The fourth-order valence-corrected chi connectivity index (χ4v) is 3.64. The highest BCUT2D eigenvalue weighted by Gasteiger charge is 2.25. The molecule has 0 radical (unpaired) electrons. The van der Waals surface area contributed by atoms with Crippen LogP contribution in [0.5, 0.6) is 17.2 Å². The van der Waals surface area contributed by atoms with Gasteiger partial charge >= 0.3 is 5.97 Å². The summed E-state index contributed by atoms with van der Waals surface area (Å²) in [6, 6.07) is 22.1. The van der Waals surface area contributed by atoms with Crippen molar-refractivity contribution in [1.29, 1.82) is 0 Å². The molecule has 32 heavy (non-hydrogen) atoms. The van der Waals surface area contributed by atoms with Gasteiger partial charge in [0.25, 0.3) is 0 Å². The number of ether oxygens (including phenoxy) is 3. The van der Waals surface area contributed by atoms with Crippen LogP contribution in [0.15, 0.2) is 88.3 Å². The highest BCUT2D eigenvalue weighted by molar-refractivity contribution is 5.82. The number of hydrogen-bond acceptors (Lipinski definition) is 6. The van der Waals surface area contributed by atoms with E-state index in [9.17, 15) is 9.59 Å². The Hall–Kier alpha value is -3.90. The maximum Gasteiger partial charge on any atom is 0.340 e. The minimum absolute atomic E-state index is 0.0778. The summed E-state index contributed by atoms with van der Waals surface area (Å²) in [6.45, 7) is 0.560. The van der Waals surface area contributed by atoms with E-state index in [1.165, 1.54) is 12.3 Å². The van der Waals surface area contributed by atoms with Gasteiger partial charge in [-0.25, -0.2) is 4.79 Å². The van der Waals surface area contributed by atoms with Crippen molar-refractivity contribution in [3.05, 3.63) is 89.3 Å². The average molecular weight is 428 g/mol. The highest BCUT2D eigenvalue weighted by atomic mass is 16.6. The van der Waals surface area contributed by atoms with E-state index < -0.39 is 12.1 Å². The van der Waals surface area contributed by atoms with Crippen molar-refractivity contribution in [2.75, 3.05) is 6.61 Å². The number of hydrogen-bond donors (Lipinski definition) is 0. The molecule has 0 amide bonds. The summed E-state index contributed by atoms with van der Waals surface area (Å²) in [5, 5.41) is 0.334. The Morgan fingerprint density at radius 3 is 2.41 bits per heavy atom. The van der Waals surface area contributed by atoms with E-state index in [0.29, 0.717) is 35.5 Å². The number of fused-ring (bicyclic) bond motifs is 1. The van der Waals surface area contributed by atoms with Gasteiger partial charge in [0.2, 0.25) is 11.2 Å². The lowest BCUT2D eigenvalue weighted by atomic mass is 10.1. The zero-order valence-electron chi connectivity index (χ0n) is 17.2. The van der Waals surface area contributed by atoms with E-state index in [-0.39, 0.29) is 11.2 Å². The van der Waals surface area contributed by atoms with Crippen molar-refractivity contribution in [3.63, 3.8) is 0 Å². The number of esters is 1. The zero-order chi connectivity index (χ0) is 21.9. The van der Waals surface area contributed by atoms with E-state index in [2.05, 4.69) is 0 Å². The third-order valence-electron chi connectivity index (χ3n) is 5.31. The summed E-state index contributed by atoms with van der Waals surface area (Å²) in [6.07, 6.45) is 2.21. The topological polar surface area (TPSA) is 75.0 Å². The summed E-state index contributed by atoms with van der Waals surface area (Å²) in [7, 11) is 0. The molecular weight excluding hydrogens is 408 g/mol. The summed E-state index contributed by atoms with van der Waals surface area (Å²) in [5.74, 6) is 0.460. The molecule has 1 atom stereocenters. The third kappa shape index (κ3) is 4.13. The van der Waals surface area contributed by atoms with E-state index in [4.69, 9.17) is 18.6 Å². The van der Waals surface area contributed by atoms with Crippen LogP contribution in [-0.4, -0.2) is 18.7 Å². The Bertz CT molecular complexity index is 1300. The van der Waals surface area contributed by atoms with E-state index >= 15 is 0 Å². The first-order chi connectivity index (χ1) is 15.7. The monoisotopic (exact) mass is 428 g/mol. The molecule has 1 fully saturated rings. The van der Waals surface area contributed by atoms with E-state index in [0.717, 1.165) is 17.5 Å². The van der Waals surface area contributed by atoms with Gasteiger partial charge in [-0.15, -0.1) is 0 Å². The smallest absolute Gasteiger partial charge is 0.340 e. The normalized spacial score (nSPS) is 15.6. The average Bonchev–Trinajstić information content (AvgIpc) is 3.37. The number of carbonyl (C=O) groups excluding carboxylic acids is 1. The van der Waals surface area contributed by atoms with Crippen LogP contribution in [0.4, 0.5) is 0 Å². The summed E-state index contributed by atoms with van der Waals surface area (Å²) >= 11 is 0. The van der Waals surface area contributed by atoms with Gasteiger partial charge in [-0.1, -0.05) is 42.5 Å². The van der Waals surface area contributed by atoms with E-state index in [1.807, 2.05) is 42.5 Å². The molecule has 3 aromatic carbocycles. The molecule has 5 rings (SSSR count). The van der Waals surface area contributed by atoms with Crippen LogP contribution < -0.4 is 14.9 Å². The van der Waals surface area contributed by atoms with Crippen molar-refractivity contribution in [2.45, 2.75) is 18.9 Å².